The van der Waals surface area contributed by atoms with Gasteiger partial charge in [-0.05, 0) is 67.6 Å². The van der Waals surface area contributed by atoms with Crippen LogP contribution >= 0.6 is 0 Å². The Morgan fingerprint density at radius 1 is 0.966 bits per heavy atom. The van der Waals surface area contributed by atoms with Crippen molar-refractivity contribution in [1.82, 2.24) is 9.97 Å². The number of hydrogen-bond donors (Lipinski definition) is 3. The number of rotatable bonds is 6. The predicted octanol–water partition coefficient (Wildman–Crippen LogP) is 4.58. The Labute approximate surface area is 170 Å². The number of nitrogens with two attached hydrogens (primary N) is 1. The molecule has 0 aliphatic heterocycles. The van der Waals surface area contributed by atoms with Crippen LogP contribution in [0, 0.1) is 5.82 Å². The van der Waals surface area contributed by atoms with Crippen LogP contribution in [0.15, 0.2) is 60.9 Å². The Hall–Kier alpha value is -2.99. The maximum atomic E-state index is 13.3. The van der Waals surface area contributed by atoms with E-state index in [2.05, 4.69) is 20.6 Å². The van der Waals surface area contributed by atoms with Gasteiger partial charge in [0.1, 0.15) is 11.6 Å². The maximum Gasteiger partial charge on any atom is 0.126 e. The van der Waals surface area contributed by atoms with Gasteiger partial charge in [0.15, 0.2) is 0 Å². The zero-order valence-corrected chi connectivity index (χ0v) is 16.3. The second-order valence-corrected chi connectivity index (χ2v) is 7.60. The van der Waals surface area contributed by atoms with Crippen molar-refractivity contribution < 1.29 is 4.39 Å². The van der Waals surface area contributed by atoms with Crippen molar-refractivity contribution in [2.24, 2.45) is 5.73 Å². The van der Waals surface area contributed by atoms with Gasteiger partial charge < -0.3 is 16.4 Å². The van der Waals surface area contributed by atoms with E-state index in [-0.39, 0.29) is 5.82 Å². The van der Waals surface area contributed by atoms with Crippen LogP contribution in [-0.2, 0) is 6.54 Å². The fraction of sp³-hybridized carbons (Fsp3) is 0.304. The monoisotopic (exact) mass is 391 g/mol. The quantitative estimate of drug-likeness (QED) is 0.574. The molecule has 1 fully saturated rings. The number of nitrogens with zero attached hydrogens (tertiary/aromatic N) is 2. The molecule has 0 bridgehead atoms. The summed E-state index contributed by atoms with van der Waals surface area (Å²) in [5.41, 5.74) is 9.70. The highest BCUT2D eigenvalue weighted by Gasteiger charge is 2.18. The van der Waals surface area contributed by atoms with Crippen LogP contribution in [0.5, 0.6) is 0 Å². The summed E-state index contributed by atoms with van der Waals surface area (Å²) >= 11 is 0. The molecule has 0 saturated heterocycles. The lowest BCUT2D eigenvalue weighted by molar-refractivity contribution is 0.410. The molecule has 0 unspecified atom stereocenters. The van der Waals surface area contributed by atoms with Crippen molar-refractivity contribution in [1.29, 1.82) is 0 Å². The number of benzene rings is 1. The summed E-state index contributed by atoms with van der Waals surface area (Å²) in [5, 5.41) is 6.87. The van der Waals surface area contributed by atoms with Crippen molar-refractivity contribution in [2.75, 3.05) is 10.6 Å². The van der Waals surface area contributed by atoms with E-state index >= 15 is 0 Å². The number of nitrogens with one attached hydrogen (secondary N) is 2. The molecule has 4 rings (SSSR count). The van der Waals surface area contributed by atoms with Gasteiger partial charge in [-0.1, -0.05) is 12.1 Å². The third-order valence-electron chi connectivity index (χ3n) is 5.33. The number of aromatic nitrogens is 2. The van der Waals surface area contributed by atoms with Gasteiger partial charge in [-0.3, -0.25) is 4.98 Å². The largest absolute Gasteiger partial charge is 0.381 e. The highest BCUT2D eigenvalue weighted by atomic mass is 19.1. The second-order valence-electron chi connectivity index (χ2n) is 7.60. The molecule has 5 nitrogen and oxygen atoms in total. The third kappa shape index (κ3) is 5.29. The first-order valence-corrected chi connectivity index (χ1v) is 10.1. The number of hydrogen-bond acceptors (Lipinski definition) is 5. The van der Waals surface area contributed by atoms with Crippen molar-refractivity contribution in [3.8, 4) is 11.3 Å². The van der Waals surface area contributed by atoms with Gasteiger partial charge >= 0.3 is 0 Å². The highest BCUT2D eigenvalue weighted by molar-refractivity contribution is 5.66. The summed E-state index contributed by atoms with van der Waals surface area (Å²) in [6.07, 6.45) is 7.84. The molecule has 2 heterocycles. The van der Waals surface area contributed by atoms with Crippen LogP contribution in [0.25, 0.3) is 11.3 Å². The Kier molecular flexibility index (Phi) is 6.00. The molecule has 0 spiro atoms. The third-order valence-corrected chi connectivity index (χ3v) is 5.33. The average Bonchev–Trinajstić information content (AvgIpc) is 2.74. The smallest absolute Gasteiger partial charge is 0.126 e. The van der Waals surface area contributed by atoms with E-state index in [4.69, 9.17) is 5.73 Å². The van der Waals surface area contributed by atoms with Gasteiger partial charge in [0.05, 0.1) is 5.69 Å². The van der Waals surface area contributed by atoms with E-state index < -0.39 is 0 Å². The number of pyridine rings is 2. The lowest BCUT2D eigenvalue weighted by Gasteiger charge is -2.27. The molecule has 2 aromatic heterocycles. The van der Waals surface area contributed by atoms with Gasteiger partial charge in [-0.15, -0.1) is 0 Å². The van der Waals surface area contributed by atoms with Crippen molar-refractivity contribution in [2.45, 2.75) is 44.3 Å². The fourth-order valence-electron chi connectivity index (χ4n) is 3.69. The van der Waals surface area contributed by atoms with Crippen LogP contribution < -0.4 is 16.4 Å². The van der Waals surface area contributed by atoms with Crippen LogP contribution in [0.4, 0.5) is 15.9 Å². The predicted molar refractivity (Wildman–Crippen MR) is 115 cm³/mol. The van der Waals surface area contributed by atoms with E-state index in [9.17, 15) is 4.39 Å². The first-order chi connectivity index (χ1) is 14.2. The van der Waals surface area contributed by atoms with Gasteiger partial charge in [0.2, 0.25) is 0 Å². The molecule has 0 amide bonds. The molecule has 3 aromatic rings. The van der Waals surface area contributed by atoms with E-state index in [1.165, 1.54) is 12.1 Å². The topological polar surface area (TPSA) is 75.9 Å². The first kappa shape index (κ1) is 19.3. The molecule has 1 aliphatic rings. The summed E-state index contributed by atoms with van der Waals surface area (Å²) in [7, 11) is 0. The molecule has 6 heteroatoms. The molecule has 1 saturated carbocycles. The molecule has 4 N–H and O–H groups in total. The van der Waals surface area contributed by atoms with Crippen molar-refractivity contribution in [3.63, 3.8) is 0 Å². The minimum atomic E-state index is -0.225. The van der Waals surface area contributed by atoms with Crippen molar-refractivity contribution in [3.05, 3.63) is 72.3 Å². The van der Waals surface area contributed by atoms with E-state index in [1.54, 1.807) is 18.5 Å². The van der Waals surface area contributed by atoms with Gasteiger partial charge in [0, 0.05) is 42.3 Å². The standard InChI is InChI=1S/C23H26FN5/c24-18-3-1-2-16(12-18)15-28-21-9-11-26-22(14-21)17-8-10-27-23(13-17)29-20-6-4-19(25)5-7-20/h1-3,8-14,19-20H,4-7,15,25H2,(H,26,28)(H,27,29)/t19-,20-. The Morgan fingerprint density at radius 3 is 2.62 bits per heavy atom. The van der Waals surface area contributed by atoms with Crippen LogP contribution in [0.3, 0.4) is 0 Å². The lowest BCUT2D eigenvalue weighted by atomic mass is 9.92. The summed E-state index contributed by atoms with van der Waals surface area (Å²) in [5.74, 6) is 0.638. The fourth-order valence-corrected chi connectivity index (χ4v) is 3.69. The first-order valence-electron chi connectivity index (χ1n) is 10.1. The molecular formula is C23H26FN5. The van der Waals surface area contributed by atoms with Crippen LogP contribution in [-0.4, -0.2) is 22.1 Å². The normalized spacial score (nSPS) is 19.0. The van der Waals surface area contributed by atoms with Gasteiger partial charge in [-0.2, -0.15) is 0 Å². The molecular weight excluding hydrogens is 365 g/mol. The van der Waals surface area contributed by atoms with Crippen LogP contribution in [0.2, 0.25) is 0 Å². The molecule has 1 aromatic carbocycles. The zero-order chi connectivity index (χ0) is 20.1. The Bertz CT molecular complexity index is 953. The minimum absolute atomic E-state index is 0.225. The minimum Gasteiger partial charge on any atom is -0.381 e. The second kappa shape index (κ2) is 9.01. The van der Waals surface area contributed by atoms with E-state index in [0.29, 0.717) is 18.6 Å². The molecule has 1 aliphatic carbocycles. The van der Waals surface area contributed by atoms with Gasteiger partial charge in [0.25, 0.3) is 0 Å². The molecule has 29 heavy (non-hydrogen) atoms. The molecule has 0 atom stereocenters. The number of anilines is 2. The summed E-state index contributed by atoms with van der Waals surface area (Å²) in [4.78, 5) is 8.97. The average molecular weight is 391 g/mol. The maximum absolute atomic E-state index is 13.3. The summed E-state index contributed by atoms with van der Waals surface area (Å²) in [6.45, 7) is 0.550. The van der Waals surface area contributed by atoms with Crippen LogP contribution in [0.1, 0.15) is 31.2 Å². The summed E-state index contributed by atoms with van der Waals surface area (Å²) < 4.78 is 13.3. The molecule has 0 radical (unpaired) electrons. The van der Waals surface area contributed by atoms with Gasteiger partial charge in [-0.25, -0.2) is 9.37 Å². The van der Waals surface area contributed by atoms with E-state index in [1.807, 2.05) is 30.3 Å². The SMILES string of the molecule is N[C@H]1CC[C@H](Nc2cc(-c3cc(NCc4cccc(F)c4)ccn3)ccn2)CC1. The highest BCUT2D eigenvalue weighted by Crippen LogP contribution is 2.25. The molecule has 150 valence electrons. The van der Waals surface area contributed by atoms with E-state index in [0.717, 1.165) is 54.0 Å². The summed E-state index contributed by atoms with van der Waals surface area (Å²) in [6, 6.07) is 15.3. The lowest BCUT2D eigenvalue weighted by Crippen LogP contribution is -2.32. The Morgan fingerprint density at radius 2 is 1.79 bits per heavy atom. The Balaban J connectivity index is 1.43. The van der Waals surface area contributed by atoms with Crippen molar-refractivity contribution >= 4 is 11.5 Å². The number of halogens is 1. The zero-order valence-electron chi connectivity index (χ0n) is 16.3.